The lowest BCUT2D eigenvalue weighted by molar-refractivity contribution is 0.101. The molecule has 0 fully saturated rings. The van der Waals surface area contributed by atoms with Crippen LogP contribution >= 0.6 is 15.9 Å². The van der Waals surface area contributed by atoms with Crippen LogP contribution in [0, 0.1) is 0 Å². The van der Waals surface area contributed by atoms with E-state index in [1.54, 1.807) is 24.0 Å². The molecule has 0 aliphatic carbocycles. The van der Waals surface area contributed by atoms with E-state index in [0.29, 0.717) is 12.1 Å². The van der Waals surface area contributed by atoms with Crippen LogP contribution in [0.2, 0.25) is 0 Å². The molecule has 0 N–H and O–H groups in total. The number of aromatic nitrogens is 2. The summed E-state index contributed by atoms with van der Waals surface area (Å²) < 4.78 is 2.82. The Balaban J connectivity index is 2.14. The summed E-state index contributed by atoms with van der Waals surface area (Å²) in [5.74, 6) is 0.0436. The highest BCUT2D eigenvalue weighted by molar-refractivity contribution is 9.10. The second kappa shape index (κ2) is 4.61. The minimum atomic E-state index is 0.0436. The van der Waals surface area contributed by atoms with Crippen LogP contribution in [0.5, 0.6) is 0 Å². The Morgan fingerprint density at radius 3 is 2.62 bits per heavy atom. The lowest BCUT2D eigenvalue weighted by atomic mass is 10.2. The fraction of sp³-hybridized carbons (Fsp3) is 0.167. The number of benzene rings is 1. The Morgan fingerprint density at radius 1 is 1.38 bits per heavy atom. The van der Waals surface area contributed by atoms with Crippen LogP contribution < -0.4 is 0 Å². The molecule has 1 heterocycles. The Labute approximate surface area is 102 Å². The SMILES string of the molecule is CC(=O)c1cnn(Cc2ccc(Br)cc2)c1. The van der Waals surface area contributed by atoms with Crippen molar-refractivity contribution in [1.29, 1.82) is 0 Å². The van der Waals surface area contributed by atoms with Gasteiger partial charge in [0.2, 0.25) is 0 Å². The molecule has 1 aromatic carbocycles. The number of carbonyl (C=O) groups excluding carboxylic acids is 1. The molecule has 1 aromatic heterocycles. The van der Waals surface area contributed by atoms with Gasteiger partial charge in [-0.3, -0.25) is 9.48 Å². The summed E-state index contributed by atoms with van der Waals surface area (Å²) in [6.07, 6.45) is 3.37. The van der Waals surface area contributed by atoms with Gasteiger partial charge in [0.25, 0.3) is 0 Å². The van der Waals surface area contributed by atoms with E-state index in [0.717, 1.165) is 10.0 Å². The summed E-state index contributed by atoms with van der Waals surface area (Å²) in [4.78, 5) is 11.1. The first-order valence-electron chi connectivity index (χ1n) is 4.93. The number of rotatable bonds is 3. The zero-order valence-electron chi connectivity index (χ0n) is 8.85. The number of hydrogen-bond donors (Lipinski definition) is 0. The van der Waals surface area contributed by atoms with Crippen molar-refractivity contribution in [3.05, 3.63) is 52.3 Å². The van der Waals surface area contributed by atoms with Crippen molar-refractivity contribution in [3.63, 3.8) is 0 Å². The Bertz CT molecular complexity index is 502. The average Bonchev–Trinajstić information content (AvgIpc) is 2.70. The Morgan fingerprint density at radius 2 is 2.06 bits per heavy atom. The van der Waals surface area contributed by atoms with Gasteiger partial charge >= 0.3 is 0 Å². The van der Waals surface area contributed by atoms with E-state index in [1.165, 1.54) is 0 Å². The van der Waals surface area contributed by atoms with Gasteiger partial charge in [-0.2, -0.15) is 5.10 Å². The predicted octanol–water partition coefficient (Wildman–Crippen LogP) is 2.90. The van der Waals surface area contributed by atoms with Crippen molar-refractivity contribution in [2.45, 2.75) is 13.5 Å². The standard InChI is InChI=1S/C12H11BrN2O/c1-9(16)11-6-14-15(8-11)7-10-2-4-12(13)5-3-10/h2-6,8H,7H2,1H3. The molecule has 82 valence electrons. The number of ketones is 1. The van der Waals surface area contributed by atoms with Crippen molar-refractivity contribution in [2.24, 2.45) is 0 Å². The number of nitrogens with zero attached hydrogens (tertiary/aromatic N) is 2. The number of halogens is 1. The molecule has 0 unspecified atom stereocenters. The summed E-state index contributed by atoms with van der Waals surface area (Å²) in [7, 11) is 0. The van der Waals surface area contributed by atoms with Gasteiger partial charge in [-0.15, -0.1) is 0 Å². The maximum atomic E-state index is 11.1. The van der Waals surface area contributed by atoms with Gasteiger partial charge in [0.05, 0.1) is 18.3 Å². The molecule has 0 radical (unpaired) electrons. The van der Waals surface area contributed by atoms with Gasteiger partial charge in [-0.05, 0) is 24.6 Å². The van der Waals surface area contributed by atoms with Crippen LogP contribution in [0.4, 0.5) is 0 Å². The van der Waals surface area contributed by atoms with Crippen LogP contribution in [0.3, 0.4) is 0 Å². The highest BCUT2D eigenvalue weighted by Crippen LogP contribution is 2.11. The average molecular weight is 279 g/mol. The second-order valence-electron chi connectivity index (χ2n) is 3.61. The third kappa shape index (κ3) is 2.58. The lowest BCUT2D eigenvalue weighted by Gasteiger charge is -2.01. The highest BCUT2D eigenvalue weighted by Gasteiger charge is 2.03. The number of hydrogen-bond acceptors (Lipinski definition) is 2. The summed E-state index contributed by atoms with van der Waals surface area (Å²) >= 11 is 3.39. The van der Waals surface area contributed by atoms with Crippen molar-refractivity contribution in [3.8, 4) is 0 Å². The monoisotopic (exact) mass is 278 g/mol. The highest BCUT2D eigenvalue weighted by atomic mass is 79.9. The lowest BCUT2D eigenvalue weighted by Crippen LogP contribution is -1.99. The van der Waals surface area contributed by atoms with E-state index in [9.17, 15) is 4.79 Å². The van der Waals surface area contributed by atoms with Crippen LogP contribution in [0.25, 0.3) is 0 Å². The second-order valence-corrected chi connectivity index (χ2v) is 4.52. The maximum absolute atomic E-state index is 11.1. The van der Waals surface area contributed by atoms with E-state index in [1.807, 2.05) is 24.3 Å². The number of Topliss-reactive ketones (excluding diaryl/α,β-unsaturated/α-hetero) is 1. The van der Waals surface area contributed by atoms with E-state index in [-0.39, 0.29) is 5.78 Å². The molecule has 2 aromatic rings. The maximum Gasteiger partial charge on any atom is 0.162 e. The largest absolute Gasteiger partial charge is 0.294 e. The van der Waals surface area contributed by atoms with Gasteiger partial charge < -0.3 is 0 Å². The van der Waals surface area contributed by atoms with Gasteiger partial charge in [-0.25, -0.2) is 0 Å². The summed E-state index contributed by atoms with van der Waals surface area (Å²) in [6, 6.07) is 8.04. The van der Waals surface area contributed by atoms with E-state index in [4.69, 9.17) is 0 Å². The first kappa shape index (κ1) is 11.1. The van der Waals surface area contributed by atoms with Crippen LogP contribution in [-0.4, -0.2) is 15.6 Å². The van der Waals surface area contributed by atoms with E-state index in [2.05, 4.69) is 21.0 Å². The number of carbonyl (C=O) groups is 1. The van der Waals surface area contributed by atoms with Crippen molar-refractivity contribution >= 4 is 21.7 Å². The molecule has 0 amide bonds. The smallest absolute Gasteiger partial charge is 0.162 e. The topological polar surface area (TPSA) is 34.9 Å². The molecule has 0 saturated heterocycles. The molecule has 0 bridgehead atoms. The van der Waals surface area contributed by atoms with Gasteiger partial charge in [-0.1, -0.05) is 28.1 Å². The van der Waals surface area contributed by atoms with Crippen molar-refractivity contribution < 1.29 is 4.79 Å². The van der Waals surface area contributed by atoms with Crippen molar-refractivity contribution in [1.82, 2.24) is 9.78 Å². The third-order valence-electron chi connectivity index (χ3n) is 2.30. The predicted molar refractivity (Wildman–Crippen MR) is 65.5 cm³/mol. The molecule has 0 saturated carbocycles. The zero-order chi connectivity index (χ0) is 11.5. The molecule has 4 heteroatoms. The van der Waals surface area contributed by atoms with E-state index < -0.39 is 0 Å². The Hall–Kier alpha value is -1.42. The molecule has 3 nitrogen and oxygen atoms in total. The molecule has 16 heavy (non-hydrogen) atoms. The molecule has 0 atom stereocenters. The first-order valence-corrected chi connectivity index (χ1v) is 5.72. The minimum absolute atomic E-state index is 0.0436. The molecular formula is C12H11BrN2O. The summed E-state index contributed by atoms with van der Waals surface area (Å²) in [5.41, 5.74) is 1.80. The van der Waals surface area contributed by atoms with Gasteiger partial charge in [0, 0.05) is 10.7 Å². The van der Waals surface area contributed by atoms with Crippen LogP contribution in [-0.2, 0) is 6.54 Å². The van der Waals surface area contributed by atoms with Crippen molar-refractivity contribution in [2.75, 3.05) is 0 Å². The Kier molecular flexibility index (Phi) is 3.19. The zero-order valence-corrected chi connectivity index (χ0v) is 10.4. The minimum Gasteiger partial charge on any atom is -0.294 e. The summed E-state index contributed by atoms with van der Waals surface area (Å²) in [6.45, 7) is 2.22. The van der Waals surface area contributed by atoms with Gasteiger partial charge in [0.15, 0.2) is 5.78 Å². The molecule has 2 rings (SSSR count). The first-order chi connectivity index (χ1) is 7.65. The fourth-order valence-corrected chi connectivity index (χ4v) is 1.67. The fourth-order valence-electron chi connectivity index (χ4n) is 1.41. The third-order valence-corrected chi connectivity index (χ3v) is 2.83. The quantitative estimate of drug-likeness (QED) is 0.810. The molecule has 0 spiro atoms. The molecule has 0 aliphatic heterocycles. The summed E-state index contributed by atoms with van der Waals surface area (Å²) in [5, 5.41) is 4.14. The van der Waals surface area contributed by atoms with E-state index >= 15 is 0 Å². The van der Waals surface area contributed by atoms with Gasteiger partial charge in [0.1, 0.15) is 0 Å². The molecular weight excluding hydrogens is 268 g/mol. The van der Waals surface area contributed by atoms with Crippen LogP contribution in [0.15, 0.2) is 41.1 Å². The molecule has 0 aliphatic rings. The normalized spacial score (nSPS) is 10.4. The van der Waals surface area contributed by atoms with Crippen LogP contribution in [0.1, 0.15) is 22.8 Å².